The zero-order valence-corrected chi connectivity index (χ0v) is 6.81. The minimum atomic E-state index is -1.21. The molecule has 0 unspecified atom stereocenters. The van der Waals surface area contributed by atoms with Crippen molar-refractivity contribution in [1.29, 1.82) is 0 Å². The van der Waals surface area contributed by atoms with Crippen molar-refractivity contribution in [3.05, 3.63) is 35.9 Å². The van der Waals surface area contributed by atoms with Gasteiger partial charge in [-0.15, -0.1) is 0 Å². The van der Waals surface area contributed by atoms with Crippen molar-refractivity contribution in [2.45, 2.75) is 6.04 Å². The van der Waals surface area contributed by atoms with Crippen LogP contribution in [0, 0.1) is 0 Å². The van der Waals surface area contributed by atoms with Gasteiger partial charge in [-0.1, -0.05) is 30.3 Å². The highest BCUT2D eigenvalue weighted by Gasteiger charge is 2.11. The molecule has 0 aliphatic heterocycles. The number of aldehydes is 1. The fourth-order valence-electron chi connectivity index (χ4n) is 0.989. The van der Waals surface area contributed by atoms with Crippen LogP contribution >= 0.6 is 0 Å². The highest BCUT2D eigenvalue weighted by molar-refractivity contribution is 5.72. The van der Waals surface area contributed by atoms with E-state index >= 15 is 0 Å². The molecule has 1 aromatic rings. The first kappa shape index (κ1) is 9.25. The largest absolute Gasteiger partial charge is 0.465 e. The lowest BCUT2D eigenvalue weighted by molar-refractivity contribution is -0.109. The van der Waals surface area contributed by atoms with E-state index in [1.54, 1.807) is 30.3 Å². The van der Waals surface area contributed by atoms with E-state index in [0.717, 1.165) is 0 Å². The summed E-state index contributed by atoms with van der Waals surface area (Å²) in [5.41, 5.74) is 0.639. The first-order chi connectivity index (χ1) is 6.24. The Morgan fingerprint density at radius 1 is 1.38 bits per heavy atom. The van der Waals surface area contributed by atoms with Gasteiger partial charge < -0.3 is 15.2 Å². The second-order valence-electron chi connectivity index (χ2n) is 2.47. The van der Waals surface area contributed by atoms with Gasteiger partial charge in [0.1, 0.15) is 12.3 Å². The molecular weight excluding hydrogens is 170 g/mol. The second-order valence-corrected chi connectivity index (χ2v) is 2.47. The predicted octanol–water partition coefficient (Wildman–Crippen LogP) is 1.19. The van der Waals surface area contributed by atoms with Crippen LogP contribution in [-0.4, -0.2) is 17.5 Å². The van der Waals surface area contributed by atoms with E-state index in [0.29, 0.717) is 11.8 Å². The standard InChI is InChI=1S/C9H9NO3/c11-6-8(10-9(12)13)7-4-2-1-3-5-7/h1-6,8,10H,(H,12,13)/t8-/m0/s1. The van der Waals surface area contributed by atoms with E-state index in [4.69, 9.17) is 5.11 Å². The van der Waals surface area contributed by atoms with E-state index in [9.17, 15) is 9.59 Å². The number of carbonyl (C=O) groups excluding carboxylic acids is 1. The Balaban J connectivity index is 2.78. The third kappa shape index (κ3) is 2.59. The summed E-state index contributed by atoms with van der Waals surface area (Å²) in [7, 11) is 0. The fourth-order valence-corrected chi connectivity index (χ4v) is 0.989. The SMILES string of the molecule is O=C[C@H](NC(=O)O)c1ccccc1. The normalized spacial score (nSPS) is 11.7. The van der Waals surface area contributed by atoms with Gasteiger partial charge in [0, 0.05) is 0 Å². The second kappa shape index (κ2) is 4.25. The maximum absolute atomic E-state index is 10.5. The number of hydrogen-bond acceptors (Lipinski definition) is 2. The van der Waals surface area contributed by atoms with Crippen LogP contribution in [0.3, 0.4) is 0 Å². The van der Waals surface area contributed by atoms with E-state index in [1.807, 2.05) is 0 Å². The molecule has 0 aromatic heterocycles. The number of benzene rings is 1. The Morgan fingerprint density at radius 3 is 2.46 bits per heavy atom. The van der Waals surface area contributed by atoms with Crippen molar-refractivity contribution in [2.24, 2.45) is 0 Å². The van der Waals surface area contributed by atoms with Gasteiger partial charge in [-0.25, -0.2) is 4.79 Å². The van der Waals surface area contributed by atoms with Crippen LogP contribution in [-0.2, 0) is 4.79 Å². The summed E-state index contributed by atoms with van der Waals surface area (Å²) in [5, 5.41) is 10.5. The van der Waals surface area contributed by atoms with Gasteiger partial charge in [-0.05, 0) is 5.56 Å². The Bertz CT molecular complexity index is 297. The molecule has 1 amide bonds. The molecule has 4 nitrogen and oxygen atoms in total. The van der Waals surface area contributed by atoms with Crippen molar-refractivity contribution >= 4 is 12.4 Å². The van der Waals surface area contributed by atoms with Crippen molar-refractivity contribution < 1.29 is 14.7 Å². The molecule has 0 fully saturated rings. The first-order valence-electron chi connectivity index (χ1n) is 3.73. The summed E-state index contributed by atoms with van der Waals surface area (Å²) in [5.74, 6) is 0. The highest BCUT2D eigenvalue weighted by Crippen LogP contribution is 2.08. The van der Waals surface area contributed by atoms with E-state index in [2.05, 4.69) is 5.32 Å². The quantitative estimate of drug-likeness (QED) is 0.685. The average molecular weight is 179 g/mol. The molecule has 0 aliphatic carbocycles. The third-order valence-electron chi connectivity index (χ3n) is 1.57. The van der Waals surface area contributed by atoms with Gasteiger partial charge >= 0.3 is 6.09 Å². The zero-order valence-electron chi connectivity index (χ0n) is 6.81. The molecule has 1 atom stereocenters. The summed E-state index contributed by atoms with van der Waals surface area (Å²) < 4.78 is 0. The molecule has 13 heavy (non-hydrogen) atoms. The molecule has 0 heterocycles. The predicted molar refractivity (Wildman–Crippen MR) is 46.4 cm³/mol. The molecule has 68 valence electrons. The molecule has 0 saturated carbocycles. The summed E-state index contributed by atoms with van der Waals surface area (Å²) in [6, 6.07) is 7.89. The summed E-state index contributed by atoms with van der Waals surface area (Å²) in [6.07, 6.45) is -0.648. The van der Waals surface area contributed by atoms with Gasteiger partial charge in [0.25, 0.3) is 0 Å². The van der Waals surface area contributed by atoms with Gasteiger partial charge in [0.05, 0.1) is 0 Å². The number of carbonyl (C=O) groups is 2. The van der Waals surface area contributed by atoms with Gasteiger partial charge in [-0.3, -0.25) is 0 Å². The number of hydrogen-bond donors (Lipinski definition) is 2. The molecular formula is C9H9NO3. The Morgan fingerprint density at radius 2 is 2.00 bits per heavy atom. The number of carboxylic acid groups (broad SMARTS) is 1. The van der Waals surface area contributed by atoms with Crippen molar-refractivity contribution in [2.75, 3.05) is 0 Å². The van der Waals surface area contributed by atoms with Crippen molar-refractivity contribution in [3.8, 4) is 0 Å². The minimum Gasteiger partial charge on any atom is -0.465 e. The van der Waals surface area contributed by atoms with Crippen molar-refractivity contribution in [1.82, 2.24) is 5.32 Å². The Hall–Kier alpha value is -1.84. The van der Waals surface area contributed by atoms with Crippen LogP contribution < -0.4 is 5.32 Å². The molecule has 0 radical (unpaired) electrons. The minimum absolute atomic E-state index is 0.559. The molecule has 0 aliphatic rings. The number of nitrogens with one attached hydrogen (secondary N) is 1. The zero-order chi connectivity index (χ0) is 9.68. The van der Waals surface area contributed by atoms with E-state index in [1.165, 1.54) is 0 Å². The smallest absolute Gasteiger partial charge is 0.405 e. The van der Waals surface area contributed by atoms with Gasteiger partial charge in [0.15, 0.2) is 0 Å². The summed E-state index contributed by atoms with van der Waals surface area (Å²) in [6.45, 7) is 0. The van der Waals surface area contributed by atoms with Crippen LogP contribution in [0.4, 0.5) is 4.79 Å². The fraction of sp³-hybridized carbons (Fsp3) is 0.111. The van der Waals surface area contributed by atoms with Crippen LogP contribution in [0.15, 0.2) is 30.3 Å². The molecule has 2 N–H and O–H groups in total. The molecule has 1 rings (SSSR count). The van der Waals surface area contributed by atoms with Crippen LogP contribution in [0.25, 0.3) is 0 Å². The van der Waals surface area contributed by atoms with Gasteiger partial charge in [-0.2, -0.15) is 0 Å². The van der Waals surface area contributed by atoms with Gasteiger partial charge in [0.2, 0.25) is 0 Å². The monoisotopic (exact) mass is 179 g/mol. The maximum Gasteiger partial charge on any atom is 0.405 e. The van der Waals surface area contributed by atoms with E-state index < -0.39 is 12.1 Å². The average Bonchev–Trinajstić information content (AvgIpc) is 2.15. The lowest BCUT2D eigenvalue weighted by Crippen LogP contribution is -2.27. The van der Waals surface area contributed by atoms with Crippen LogP contribution in [0.1, 0.15) is 11.6 Å². The van der Waals surface area contributed by atoms with Crippen LogP contribution in [0.5, 0.6) is 0 Å². The molecule has 4 heteroatoms. The topological polar surface area (TPSA) is 66.4 Å². The summed E-state index contributed by atoms with van der Waals surface area (Å²) in [4.78, 5) is 20.8. The van der Waals surface area contributed by atoms with E-state index in [-0.39, 0.29) is 0 Å². The molecule has 0 spiro atoms. The summed E-state index contributed by atoms with van der Waals surface area (Å²) >= 11 is 0. The maximum atomic E-state index is 10.5. The first-order valence-corrected chi connectivity index (χ1v) is 3.73. The molecule has 0 bridgehead atoms. The molecule has 1 aromatic carbocycles. The lowest BCUT2D eigenvalue weighted by Gasteiger charge is -2.09. The highest BCUT2D eigenvalue weighted by atomic mass is 16.4. The van der Waals surface area contributed by atoms with Crippen LogP contribution in [0.2, 0.25) is 0 Å². The molecule has 0 saturated heterocycles. The Labute approximate surface area is 75.2 Å². The van der Waals surface area contributed by atoms with Crippen molar-refractivity contribution in [3.63, 3.8) is 0 Å². The lowest BCUT2D eigenvalue weighted by atomic mass is 10.1. The number of rotatable bonds is 3. The Kier molecular flexibility index (Phi) is 3.03. The third-order valence-corrected chi connectivity index (χ3v) is 1.57. The number of amides is 1.